The highest BCUT2D eigenvalue weighted by Gasteiger charge is 2.20. The molecule has 5 heteroatoms. The first-order chi connectivity index (χ1) is 9.26. The molecule has 3 N–H and O–H groups in total. The Morgan fingerprint density at radius 3 is 2.60 bits per heavy atom. The van der Waals surface area contributed by atoms with E-state index in [4.69, 9.17) is 10.5 Å². The number of nitrogens with one attached hydrogen (secondary N) is 1. The summed E-state index contributed by atoms with van der Waals surface area (Å²) in [5.41, 5.74) is 7.70. The summed E-state index contributed by atoms with van der Waals surface area (Å²) in [6, 6.07) is 5.33. The zero-order valence-corrected chi connectivity index (χ0v) is 13.0. The maximum absolute atomic E-state index is 11.6. The number of ether oxygens (including phenoxy) is 1. The number of nitrogen functional groups attached to an aromatic ring is 1. The maximum atomic E-state index is 11.6. The molecule has 0 aliphatic heterocycles. The summed E-state index contributed by atoms with van der Waals surface area (Å²) >= 11 is 0. The van der Waals surface area contributed by atoms with Crippen LogP contribution in [-0.2, 0) is 4.74 Å². The van der Waals surface area contributed by atoms with Gasteiger partial charge in [0.2, 0.25) is 0 Å². The van der Waals surface area contributed by atoms with Gasteiger partial charge in [-0.05, 0) is 31.6 Å². The monoisotopic (exact) mass is 279 g/mol. The van der Waals surface area contributed by atoms with Crippen molar-refractivity contribution >= 4 is 17.3 Å². The highest BCUT2D eigenvalue weighted by molar-refractivity contribution is 5.98. The third kappa shape index (κ3) is 4.42. The van der Waals surface area contributed by atoms with Gasteiger partial charge in [-0.15, -0.1) is 0 Å². The van der Waals surface area contributed by atoms with E-state index >= 15 is 0 Å². The molecule has 112 valence electrons. The molecule has 0 heterocycles. The third-order valence-corrected chi connectivity index (χ3v) is 3.01. The Labute approximate surface area is 121 Å². The van der Waals surface area contributed by atoms with E-state index in [1.807, 2.05) is 20.2 Å². The van der Waals surface area contributed by atoms with Crippen LogP contribution in [0.15, 0.2) is 18.2 Å². The van der Waals surface area contributed by atoms with Crippen LogP contribution in [0.4, 0.5) is 11.4 Å². The molecule has 0 saturated carbocycles. The van der Waals surface area contributed by atoms with Crippen LogP contribution < -0.4 is 11.1 Å². The Hall–Kier alpha value is -1.75. The second kappa shape index (κ2) is 6.61. The fourth-order valence-corrected chi connectivity index (χ4v) is 2.25. The second-order valence-corrected chi connectivity index (χ2v) is 6.01. The van der Waals surface area contributed by atoms with Gasteiger partial charge in [-0.25, -0.2) is 4.79 Å². The zero-order chi connectivity index (χ0) is 15.3. The second-order valence-electron chi connectivity index (χ2n) is 6.01. The summed E-state index contributed by atoms with van der Waals surface area (Å²) in [6.07, 6.45) is 0. The summed E-state index contributed by atoms with van der Waals surface area (Å²) in [6.45, 7) is 6.08. The fraction of sp³-hybridized carbons (Fsp3) is 0.533. The van der Waals surface area contributed by atoms with E-state index in [1.54, 1.807) is 12.1 Å². The number of hydrogen-bond donors (Lipinski definition) is 2. The minimum Gasteiger partial charge on any atom is -0.465 e. The molecule has 0 fully saturated rings. The number of carbonyl (C=O) groups excluding carboxylic acids is 1. The minimum absolute atomic E-state index is 0.0945. The lowest BCUT2D eigenvalue weighted by atomic mass is 9.92. The molecule has 0 radical (unpaired) electrons. The Balaban J connectivity index is 2.81. The van der Waals surface area contributed by atoms with Crippen LogP contribution in [0.5, 0.6) is 0 Å². The van der Waals surface area contributed by atoms with Crippen molar-refractivity contribution in [2.24, 2.45) is 5.41 Å². The normalized spacial score (nSPS) is 11.5. The number of anilines is 2. The minimum atomic E-state index is -0.418. The summed E-state index contributed by atoms with van der Waals surface area (Å²) < 4.78 is 4.72. The topological polar surface area (TPSA) is 67.6 Å². The van der Waals surface area contributed by atoms with Crippen molar-refractivity contribution in [2.45, 2.75) is 13.8 Å². The average molecular weight is 279 g/mol. The Morgan fingerprint density at radius 1 is 1.40 bits per heavy atom. The van der Waals surface area contributed by atoms with Crippen molar-refractivity contribution in [1.82, 2.24) is 4.90 Å². The van der Waals surface area contributed by atoms with Crippen molar-refractivity contribution < 1.29 is 9.53 Å². The summed E-state index contributed by atoms with van der Waals surface area (Å²) in [4.78, 5) is 13.7. The molecule has 1 aromatic rings. The number of rotatable bonds is 6. The number of methoxy groups -OCH3 is 1. The van der Waals surface area contributed by atoms with Crippen LogP contribution in [0.2, 0.25) is 0 Å². The van der Waals surface area contributed by atoms with Gasteiger partial charge >= 0.3 is 5.97 Å². The first-order valence-corrected chi connectivity index (χ1v) is 6.62. The van der Waals surface area contributed by atoms with Gasteiger partial charge in [0.15, 0.2) is 0 Å². The molecule has 0 unspecified atom stereocenters. The van der Waals surface area contributed by atoms with Gasteiger partial charge in [0, 0.05) is 13.1 Å². The lowest BCUT2D eigenvalue weighted by Crippen LogP contribution is -2.34. The van der Waals surface area contributed by atoms with Crippen molar-refractivity contribution in [3.05, 3.63) is 23.8 Å². The van der Waals surface area contributed by atoms with E-state index in [9.17, 15) is 4.79 Å². The van der Waals surface area contributed by atoms with Gasteiger partial charge in [0.05, 0.1) is 24.0 Å². The van der Waals surface area contributed by atoms with Gasteiger partial charge < -0.3 is 20.7 Å². The predicted octanol–water partition coefficient (Wildman–Crippen LogP) is 2.06. The number of nitrogens with zero attached hydrogens (tertiary/aromatic N) is 1. The van der Waals surface area contributed by atoms with Gasteiger partial charge in [-0.3, -0.25) is 0 Å². The molecule has 20 heavy (non-hydrogen) atoms. The predicted molar refractivity (Wildman–Crippen MR) is 83.0 cm³/mol. The van der Waals surface area contributed by atoms with Crippen molar-refractivity contribution in [2.75, 3.05) is 45.3 Å². The lowest BCUT2D eigenvalue weighted by Gasteiger charge is -2.29. The van der Waals surface area contributed by atoms with Crippen LogP contribution in [0.25, 0.3) is 0 Å². The molecular weight excluding hydrogens is 254 g/mol. The molecule has 1 rings (SSSR count). The molecular formula is C15H25N3O2. The van der Waals surface area contributed by atoms with E-state index in [0.717, 1.165) is 18.8 Å². The number of esters is 1. The molecule has 0 bridgehead atoms. The quantitative estimate of drug-likeness (QED) is 0.616. The third-order valence-electron chi connectivity index (χ3n) is 3.01. The zero-order valence-electron chi connectivity index (χ0n) is 13.0. The van der Waals surface area contributed by atoms with E-state index in [1.165, 1.54) is 7.11 Å². The number of carbonyl (C=O) groups is 1. The highest BCUT2D eigenvalue weighted by Crippen LogP contribution is 2.25. The largest absolute Gasteiger partial charge is 0.465 e. The Kier molecular flexibility index (Phi) is 5.39. The highest BCUT2D eigenvalue weighted by atomic mass is 16.5. The smallest absolute Gasteiger partial charge is 0.340 e. The van der Waals surface area contributed by atoms with Gasteiger partial charge in [0.25, 0.3) is 0 Å². The van der Waals surface area contributed by atoms with E-state index < -0.39 is 5.97 Å². The molecule has 0 aliphatic rings. The van der Waals surface area contributed by atoms with Crippen molar-refractivity contribution in [3.63, 3.8) is 0 Å². The van der Waals surface area contributed by atoms with Gasteiger partial charge in [0.1, 0.15) is 0 Å². The van der Waals surface area contributed by atoms with Gasteiger partial charge in [-0.2, -0.15) is 0 Å². The molecule has 0 saturated heterocycles. The molecule has 0 spiro atoms. The molecule has 5 nitrogen and oxygen atoms in total. The molecule has 0 aromatic heterocycles. The van der Waals surface area contributed by atoms with Gasteiger partial charge in [-0.1, -0.05) is 19.9 Å². The standard InChI is InChI=1S/C15H25N3O2/c1-15(2,10-18(3)4)9-17-12-8-6-7-11(13(12)16)14(19)20-5/h6-8,17H,9-10,16H2,1-5H3. The van der Waals surface area contributed by atoms with Crippen molar-refractivity contribution in [3.8, 4) is 0 Å². The van der Waals surface area contributed by atoms with Crippen LogP contribution in [-0.4, -0.2) is 45.2 Å². The Bertz CT molecular complexity index is 470. The van der Waals surface area contributed by atoms with Crippen LogP contribution in [0.1, 0.15) is 24.2 Å². The van der Waals surface area contributed by atoms with E-state index in [0.29, 0.717) is 11.3 Å². The van der Waals surface area contributed by atoms with Crippen LogP contribution in [0, 0.1) is 5.41 Å². The SMILES string of the molecule is COC(=O)c1cccc(NCC(C)(C)CN(C)C)c1N. The summed E-state index contributed by atoms with van der Waals surface area (Å²) in [7, 11) is 5.45. The molecule has 0 aliphatic carbocycles. The fourth-order valence-electron chi connectivity index (χ4n) is 2.25. The van der Waals surface area contributed by atoms with Crippen LogP contribution in [0.3, 0.4) is 0 Å². The average Bonchev–Trinajstić information content (AvgIpc) is 2.35. The summed E-state index contributed by atoms with van der Waals surface area (Å²) in [5, 5.41) is 3.32. The first-order valence-electron chi connectivity index (χ1n) is 6.62. The maximum Gasteiger partial charge on any atom is 0.340 e. The van der Waals surface area contributed by atoms with Crippen LogP contribution >= 0.6 is 0 Å². The molecule has 0 atom stereocenters. The Morgan fingerprint density at radius 2 is 2.05 bits per heavy atom. The van der Waals surface area contributed by atoms with E-state index in [2.05, 4.69) is 24.1 Å². The molecule has 0 amide bonds. The number of nitrogens with two attached hydrogens (primary N) is 1. The molecule has 1 aromatic carbocycles. The number of benzene rings is 1. The number of para-hydroxylation sites is 1. The summed E-state index contributed by atoms with van der Waals surface area (Å²) in [5.74, 6) is -0.418. The van der Waals surface area contributed by atoms with Crippen molar-refractivity contribution in [1.29, 1.82) is 0 Å². The van der Waals surface area contributed by atoms with E-state index in [-0.39, 0.29) is 5.41 Å². The lowest BCUT2D eigenvalue weighted by molar-refractivity contribution is 0.0602. The first kappa shape index (κ1) is 16.3. The number of hydrogen-bond acceptors (Lipinski definition) is 5.